The molecule has 0 unspecified atom stereocenters. The zero-order valence-corrected chi connectivity index (χ0v) is 9.58. The Balaban J connectivity index is 0.000000280. The largest absolute Gasteiger partial charge is 0.469 e. The fraction of sp³-hybridized carbons (Fsp3) is 0.200. The van der Waals surface area contributed by atoms with Crippen molar-refractivity contribution in [1.29, 1.82) is 0 Å². The molecule has 1 aromatic carbocycles. The van der Waals surface area contributed by atoms with Crippen molar-refractivity contribution in [2.45, 2.75) is 6.92 Å². The van der Waals surface area contributed by atoms with Crippen molar-refractivity contribution in [3.63, 3.8) is 0 Å². The quantitative estimate of drug-likeness (QED) is 0.436. The highest BCUT2D eigenvalue weighted by Crippen LogP contribution is 2.27. The molecule has 1 aromatic heterocycles. The molecule has 2 aromatic rings. The van der Waals surface area contributed by atoms with E-state index in [4.69, 9.17) is 0 Å². The van der Waals surface area contributed by atoms with Crippen molar-refractivity contribution < 1.29 is 24.1 Å². The highest BCUT2D eigenvalue weighted by atomic mass is 16.6. The third-order valence-corrected chi connectivity index (χ3v) is 1.92. The summed E-state index contributed by atoms with van der Waals surface area (Å²) in [6, 6.07) is 3.75. The van der Waals surface area contributed by atoms with Crippen LogP contribution < -0.4 is 0 Å². The average molecular weight is 253 g/mol. The fourth-order valence-electron chi connectivity index (χ4n) is 1.02. The number of hydrogen-bond acceptors (Lipinski definition) is 6. The van der Waals surface area contributed by atoms with E-state index >= 15 is 0 Å². The van der Waals surface area contributed by atoms with Gasteiger partial charge in [-0.1, -0.05) is 0 Å². The molecule has 0 amide bonds. The Labute approximate surface area is 101 Å². The molecular weight excluding hydrogens is 244 g/mol. The average Bonchev–Trinajstić information content (AvgIpc) is 2.71. The van der Waals surface area contributed by atoms with Crippen LogP contribution in [0.3, 0.4) is 0 Å². The molecule has 0 atom stereocenters. The summed E-state index contributed by atoms with van der Waals surface area (Å²) in [5, 5.41) is 24.5. The summed E-state index contributed by atoms with van der Waals surface area (Å²) in [5.41, 5.74) is 0.114. The van der Waals surface area contributed by atoms with Gasteiger partial charge >= 0.3 is 11.8 Å². The SMILES string of the molecule is COC(C)=O.[O]c1noc2ccc([N+](=O)[O-])cc12. The summed E-state index contributed by atoms with van der Waals surface area (Å²) in [4.78, 5) is 19.3. The lowest BCUT2D eigenvalue weighted by molar-refractivity contribution is -0.384. The van der Waals surface area contributed by atoms with Crippen molar-refractivity contribution in [3.05, 3.63) is 28.3 Å². The van der Waals surface area contributed by atoms with Crippen molar-refractivity contribution in [3.8, 4) is 5.88 Å². The first-order valence-electron chi connectivity index (χ1n) is 4.71. The number of carbonyl (C=O) groups is 1. The number of rotatable bonds is 1. The highest BCUT2D eigenvalue weighted by Gasteiger charge is 2.13. The van der Waals surface area contributed by atoms with Crippen LogP contribution in [0.2, 0.25) is 0 Å². The Kier molecular flexibility index (Phi) is 4.19. The number of aromatic nitrogens is 1. The molecule has 0 bridgehead atoms. The molecule has 0 saturated carbocycles. The summed E-state index contributed by atoms with van der Waals surface area (Å²) < 4.78 is 8.71. The number of carbonyl (C=O) groups excluding carboxylic acids is 1. The Bertz CT molecular complexity index is 577. The lowest BCUT2D eigenvalue weighted by Gasteiger charge is -1.88. The number of esters is 1. The molecule has 8 nitrogen and oxygen atoms in total. The van der Waals surface area contributed by atoms with Gasteiger partial charge in [0.15, 0.2) is 5.58 Å². The van der Waals surface area contributed by atoms with E-state index in [1.807, 2.05) is 0 Å². The lowest BCUT2D eigenvalue weighted by atomic mass is 10.2. The van der Waals surface area contributed by atoms with Gasteiger partial charge in [0.2, 0.25) is 0 Å². The van der Waals surface area contributed by atoms with Crippen molar-refractivity contribution >= 4 is 22.6 Å². The van der Waals surface area contributed by atoms with Gasteiger partial charge in [0.05, 0.1) is 17.4 Å². The lowest BCUT2D eigenvalue weighted by Crippen LogP contribution is -1.88. The van der Waals surface area contributed by atoms with Gasteiger partial charge < -0.3 is 9.26 Å². The summed E-state index contributed by atoms with van der Waals surface area (Å²) in [5.74, 6) is -0.830. The number of fused-ring (bicyclic) bond motifs is 1. The van der Waals surface area contributed by atoms with Gasteiger partial charge in [-0.2, -0.15) is 0 Å². The smallest absolute Gasteiger partial charge is 0.316 e. The van der Waals surface area contributed by atoms with E-state index in [1.54, 1.807) is 0 Å². The molecule has 0 saturated heterocycles. The van der Waals surface area contributed by atoms with Gasteiger partial charge in [0.25, 0.3) is 5.69 Å². The maximum atomic E-state index is 10.9. The Hall–Kier alpha value is -2.64. The van der Waals surface area contributed by atoms with E-state index in [0.29, 0.717) is 0 Å². The second-order valence-electron chi connectivity index (χ2n) is 3.12. The van der Waals surface area contributed by atoms with Crippen LogP contribution in [-0.4, -0.2) is 23.2 Å². The molecule has 0 aliphatic carbocycles. The number of hydrogen-bond donors (Lipinski definition) is 0. The second-order valence-corrected chi connectivity index (χ2v) is 3.12. The van der Waals surface area contributed by atoms with Crippen LogP contribution in [0.5, 0.6) is 5.88 Å². The van der Waals surface area contributed by atoms with Gasteiger partial charge in [-0.25, -0.2) is 0 Å². The van der Waals surface area contributed by atoms with E-state index in [9.17, 15) is 20.0 Å². The zero-order valence-electron chi connectivity index (χ0n) is 9.58. The van der Waals surface area contributed by atoms with Crippen LogP contribution in [0.25, 0.3) is 11.0 Å². The molecule has 0 aliphatic rings. The van der Waals surface area contributed by atoms with E-state index in [-0.39, 0.29) is 22.6 Å². The minimum absolute atomic E-state index is 0.134. The van der Waals surface area contributed by atoms with Gasteiger partial charge in [-0.15, -0.1) is 0 Å². The molecule has 8 heteroatoms. The molecule has 2 rings (SSSR count). The monoisotopic (exact) mass is 253 g/mol. The molecule has 0 spiro atoms. The number of non-ortho nitro benzene ring substituents is 1. The molecular formula is C10H9N2O6. The third-order valence-electron chi connectivity index (χ3n) is 1.92. The minimum Gasteiger partial charge on any atom is -0.469 e. The van der Waals surface area contributed by atoms with E-state index in [2.05, 4.69) is 14.4 Å². The normalized spacial score (nSPS) is 9.44. The Morgan fingerprint density at radius 2 is 2.11 bits per heavy atom. The van der Waals surface area contributed by atoms with Crippen molar-refractivity contribution in [2.75, 3.05) is 7.11 Å². The predicted octanol–water partition coefficient (Wildman–Crippen LogP) is 2.06. The Morgan fingerprint density at radius 1 is 1.50 bits per heavy atom. The minimum atomic E-state index is -0.585. The van der Waals surface area contributed by atoms with Crippen LogP contribution in [0.4, 0.5) is 5.69 Å². The van der Waals surface area contributed by atoms with Crippen LogP contribution in [-0.2, 0) is 14.6 Å². The van der Waals surface area contributed by atoms with Crippen LogP contribution in [0.15, 0.2) is 22.7 Å². The van der Waals surface area contributed by atoms with Crippen LogP contribution >= 0.6 is 0 Å². The van der Waals surface area contributed by atoms with Crippen LogP contribution in [0, 0.1) is 10.1 Å². The summed E-state index contributed by atoms with van der Waals surface area (Å²) in [7, 11) is 1.35. The molecule has 1 radical (unpaired) electrons. The first-order chi connectivity index (χ1) is 8.45. The third kappa shape index (κ3) is 3.17. The van der Waals surface area contributed by atoms with Crippen LogP contribution in [0.1, 0.15) is 6.92 Å². The molecule has 0 fully saturated rings. The number of nitro groups is 1. The molecule has 1 heterocycles. The second kappa shape index (κ2) is 5.62. The highest BCUT2D eigenvalue weighted by molar-refractivity contribution is 5.83. The summed E-state index contributed by atoms with van der Waals surface area (Å²) in [6.07, 6.45) is 0. The van der Waals surface area contributed by atoms with Gasteiger partial charge in [0, 0.05) is 19.1 Å². The fourth-order valence-corrected chi connectivity index (χ4v) is 1.02. The first-order valence-corrected chi connectivity index (χ1v) is 4.71. The van der Waals surface area contributed by atoms with E-state index in [1.165, 1.54) is 26.2 Å². The number of methoxy groups -OCH3 is 1. The standard InChI is InChI=1S/C7H3N2O4.C3H6O2/c10-7-5-3-4(9(11)12)1-2-6(5)13-8-7;1-3(4)5-2/h1-3H;1-2H3. The van der Waals surface area contributed by atoms with Crippen molar-refractivity contribution in [1.82, 2.24) is 5.16 Å². The number of benzene rings is 1. The zero-order chi connectivity index (χ0) is 13.7. The topological polar surface area (TPSA) is 115 Å². The first kappa shape index (κ1) is 13.4. The molecule has 18 heavy (non-hydrogen) atoms. The number of nitrogens with zero attached hydrogens (tertiary/aromatic N) is 2. The predicted molar refractivity (Wildman–Crippen MR) is 58.5 cm³/mol. The van der Waals surface area contributed by atoms with Crippen molar-refractivity contribution in [2.24, 2.45) is 0 Å². The summed E-state index contributed by atoms with van der Waals surface area (Å²) in [6.45, 7) is 1.36. The molecule has 0 N–H and O–H groups in total. The molecule has 0 aliphatic heterocycles. The molecule has 95 valence electrons. The Morgan fingerprint density at radius 3 is 2.61 bits per heavy atom. The summed E-state index contributed by atoms with van der Waals surface area (Å²) >= 11 is 0. The maximum Gasteiger partial charge on any atom is 0.316 e. The van der Waals surface area contributed by atoms with E-state index < -0.39 is 10.8 Å². The maximum absolute atomic E-state index is 10.9. The van der Waals surface area contributed by atoms with Gasteiger partial charge in [-0.05, 0) is 11.2 Å². The van der Waals surface area contributed by atoms with Gasteiger partial charge in [0.1, 0.15) is 0 Å². The number of nitro benzene ring substituents is 1. The number of ether oxygens (including phenoxy) is 1. The van der Waals surface area contributed by atoms with Gasteiger partial charge in [-0.3, -0.25) is 20.0 Å². The van der Waals surface area contributed by atoms with E-state index in [0.717, 1.165) is 6.07 Å².